The van der Waals surface area contributed by atoms with Gasteiger partial charge in [0.05, 0.1) is 0 Å². The zero-order chi connectivity index (χ0) is 22.6. The molecule has 0 radical (unpaired) electrons. The smallest absolute Gasteiger partial charge is 0.0358 e. The summed E-state index contributed by atoms with van der Waals surface area (Å²) in [6.07, 6.45) is 0. The molecule has 0 saturated heterocycles. The van der Waals surface area contributed by atoms with Crippen LogP contribution in [0.5, 0.6) is 0 Å². The highest BCUT2D eigenvalue weighted by molar-refractivity contribution is 5.94. The number of fused-ring (bicyclic) bond motifs is 3. The Morgan fingerprint density at radius 1 is 0.333 bits per heavy atom. The summed E-state index contributed by atoms with van der Waals surface area (Å²) in [4.78, 5) is 0. The Morgan fingerprint density at radius 2 is 0.606 bits per heavy atom. The van der Waals surface area contributed by atoms with Crippen LogP contribution in [0.25, 0.3) is 32.3 Å². The van der Waals surface area contributed by atoms with E-state index < -0.39 is 0 Å². The van der Waals surface area contributed by atoms with Crippen molar-refractivity contribution < 1.29 is 0 Å². The minimum Gasteiger partial charge on any atom is -0.0683 e. The van der Waals surface area contributed by atoms with Gasteiger partial charge in [0.25, 0.3) is 0 Å². The van der Waals surface area contributed by atoms with E-state index in [-0.39, 0.29) is 5.92 Å². The molecule has 0 aliphatic heterocycles. The fourth-order valence-electron chi connectivity index (χ4n) is 5.01. The second kappa shape index (κ2) is 9.30. The molecule has 0 heteroatoms. The van der Waals surface area contributed by atoms with E-state index in [1.807, 2.05) is 13.8 Å². The molecule has 6 aromatic rings. The van der Waals surface area contributed by atoms with E-state index >= 15 is 0 Å². The van der Waals surface area contributed by atoms with Gasteiger partial charge in [0.1, 0.15) is 0 Å². The first kappa shape index (κ1) is 21.0. The summed E-state index contributed by atoms with van der Waals surface area (Å²) in [5, 5.41) is 7.80. The SMILES string of the molecule is CC.c1ccc2c(C(c3cccc4ccccc34)c3cccc4ccccc34)cccc2c1. The van der Waals surface area contributed by atoms with Gasteiger partial charge in [0, 0.05) is 5.92 Å². The lowest BCUT2D eigenvalue weighted by Crippen LogP contribution is -2.06. The molecule has 33 heavy (non-hydrogen) atoms. The van der Waals surface area contributed by atoms with Gasteiger partial charge in [-0.05, 0) is 49.0 Å². The van der Waals surface area contributed by atoms with Crippen LogP contribution in [0.3, 0.4) is 0 Å². The third-order valence-electron chi connectivity index (χ3n) is 6.40. The van der Waals surface area contributed by atoms with Crippen molar-refractivity contribution in [2.75, 3.05) is 0 Å². The average Bonchev–Trinajstić information content (AvgIpc) is 2.90. The van der Waals surface area contributed by atoms with Crippen LogP contribution in [0.15, 0.2) is 127 Å². The Balaban J connectivity index is 0.00000111. The standard InChI is InChI=1S/C31H22.C2H6/c1-4-16-25-22(10-1)13-7-19-28(25)31(29-20-8-14-23-11-2-5-17-26(23)29)30-21-9-15-24-12-3-6-18-27(24)30;1-2/h1-21,31H;1-2H3. The highest BCUT2D eigenvalue weighted by Crippen LogP contribution is 2.41. The van der Waals surface area contributed by atoms with E-state index in [4.69, 9.17) is 0 Å². The lowest BCUT2D eigenvalue weighted by Gasteiger charge is -2.24. The van der Waals surface area contributed by atoms with Crippen molar-refractivity contribution in [1.82, 2.24) is 0 Å². The number of hydrogen-bond donors (Lipinski definition) is 0. The summed E-state index contributed by atoms with van der Waals surface area (Å²) < 4.78 is 0. The molecular formula is C33H28. The van der Waals surface area contributed by atoms with Gasteiger partial charge in [0.15, 0.2) is 0 Å². The Bertz CT molecular complexity index is 1340. The van der Waals surface area contributed by atoms with Gasteiger partial charge in [-0.1, -0.05) is 141 Å². The molecule has 0 nitrogen and oxygen atoms in total. The van der Waals surface area contributed by atoms with Crippen LogP contribution in [-0.4, -0.2) is 0 Å². The van der Waals surface area contributed by atoms with E-state index in [1.54, 1.807) is 0 Å². The monoisotopic (exact) mass is 424 g/mol. The molecule has 0 saturated carbocycles. The zero-order valence-electron chi connectivity index (χ0n) is 19.2. The molecule has 0 aliphatic carbocycles. The molecule has 0 spiro atoms. The van der Waals surface area contributed by atoms with Gasteiger partial charge >= 0.3 is 0 Å². The van der Waals surface area contributed by atoms with Crippen molar-refractivity contribution in [1.29, 1.82) is 0 Å². The third kappa shape index (κ3) is 3.79. The Labute approximate surface area is 196 Å². The van der Waals surface area contributed by atoms with Gasteiger partial charge in [0.2, 0.25) is 0 Å². The first-order valence-corrected chi connectivity index (χ1v) is 11.8. The largest absolute Gasteiger partial charge is 0.0683 e. The molecule has 0 unspecified atom stereocenters. The number of rotatable bonds is 3. The first-order chi connectivity index (χ1) is 16.4. The van der Waals surface area contributed by atoms with Crippen molar-refractivity contribution in [3.05, 3.63) is 144 Å². The van der Waals surface area contributed by atoms with E-state index in [2.05, 4.69) is 127 Å². The van der Waals surface area contributed by atoms with Gasteiger partial charge in [-0.3, -0.25) is 0 Å². The maximum Gasteiger partial charge on any atom is 0.0358 e. The van der Waals surface area contributed by atoms with E-state index in [0.29, 0.717) is 0 Å². The quantitative estimate of drug-likeness (QED) is 0.248. The van der Waals surface area contributed by atoms with Crippen molar-refractivity contribution in [2.45, 2.75) is 19.8 Å². The minimum absolute atomic E-state index is 0.142. The van der Waals surface area contributed by atoms with Crippen LogP contribution >= 0.6 is 0 Å². The van der Waals surface area contributed by atoms with Gasteiger partial charge in [-0.15, -0.1) is 0 Å². The van der Waals surface area contributed by atoms with Crippen LogP contribution in [0.4, 0.5) is 0 Å². The third-order valence-corrected chi connectivity index (χ3v) is 6.40. The van der Waals surface area contributed by atoms with Crippen LogP contribution in [0.1, 0.15) is 36.5 Å². The van der Waals surface area contributed by atoms with Crippen LogP contribution in [-0.2, 0) is 0 Å². The second-order valence-electron chi connectivity index (χ2n) is 8.14. The Kier molecular flexibility index (Phi) is 5.91. The normalized spacial score (nSPS) is 11.0. The highest BCUT2D eigenvalue weighted by Gasteiger charge is 2.22. The Morgan fingerprint density at radius 3 is 0.939 bits per heavy atom. The van der Waals surface area contributed by atoms with Gasteiger partial charge in [-0.25, -0.2) is 0 Å². The molecule has 0 amide bonds. The molecule has 6 rings (SSSR count). The Hall–Kier alpha value is -3.90. The van der Waals surface area contributed by atoms with Gasteiger partial charge < -0.3 is 0 Å². The van der Waals surface area contributed by atoms with Crippen molar-refractivity contribution in [3.8, 4) is 0 Å². The fraction of sp³-hybridized carbons (Fsp3) is 0.0909. The van der Waals surface area contributed by atoms with Crippen LogP contribution in [0, 0.1) is 0 Å². The van der Waals surface area contributed by atoms with Crippen molar-refractivity contribution in [2.24, 2.45) is 0 Å². The lowest BCUT2D eigenvalue weighted by atomic mass is 9.79. The van der Waals surface area contributed by atoms with Crippen molar-refractivity contribution >= 4 is 32.3 Å². The zero-order valence-corrected chi connectivity index (χ0v) is 19.2. The molecule has 0 aliphatic rings. The number of benzene rings is 6. The maximum atomic E-state index is 2.30. The summed E-state index contributed by atoms with van der Waals surface area (Å²) in [5.41, 5.74) is 4.06. The molecule has 160 valence electrons. The second-order valence-corrected chi connectivity index (χ2v) is 8.14. The van der Waals surface area contributed by atoms with E-state index in [9.17, 15) is 0 Å². The number of hydrogen-bond acceptors (Lipinski definition) is 0. The predicted octanol–water partition coefficient (Wildman–Crippen LogP) is 9.35. The summed E-state index contributed by atoms with van der Waals surface area (Å²) in [5.74, 6) is 0.142. The topological polar surface area (TPSA) is 0 Å². The summed E-state index contributed by atoms with van der Waals surface area (Å²) >= 11 is 0. The summed E-state index contributed by atoms with van der Waals surface area (Å²) in [6.45, 7) is 4.00. The molecule has 0 N–H and O–H groups in total. The molecule has 6 aromatic carbocycles. The van der Waals surface area contributed by atoms with Crippen LogP contribution in [0.2, 0.25) is 0 Å². The van der Waals surface area contributed by atoms with Gasteiger partial charge in [-0.2, -0.15) is 0 Å². The molecule has 0 heterocycles. The average molecular weight is 425 g/mol. The van der Waals surface area contributed by atoms with E-state index in [1.165, 1.54) is 49.0 Å². The summed E-state index contributed by atoms with van der Waals surface area (Å²) in [6, 6.07) is 46.3. The highest BCUT2D eigenvalue weighted by atomic mass is 14.2. The molecule has 0 aromatic heterocycles. The van der Waals surface area contributed by atoms with Crippen molar-refractivity contribution in [3.63, 3.8) is 0 Å². The summed E-state index contributed by atoms with van der Waals surface area (Å²) in [7, 11) is 0. The van der Waals surface area contributed by atoms with E-state index in [0.717, 1.165) is 0 Å². The molecule has 0 atom stereocenters. The predicted molar refractivity (Wildman–Crippen MR) is 144 cm³/mol. The molecule has 0 bridgehead atoms. The first-order valence-electron chi connectivity index (χ1n) is 11.8. The maximum absolute atomic E-state index is 2.30. The lowest BCUT2D eigenvalue weighted by molar-refractivity contribution is 1.01. The molecule has 0 fully saturated rings. The fourth-order valence-corrected chi connectivity index (χ4v) is 5.01. The minimum atomic E-state index is 0.142. The molecular weight excluding hydrogens is 396 g/mol. The van der Waals surface area contributed by atoms with Crippen LogP contribution < -0.4 is 0 Å².